The first-order valence-corrected chi connectivity index (χ1v) is 4.52. The van der Waals surface area contributed by atoms with Gasteiger partial charge in [-0.15, -0.1) is 0 Å². The molecule has 0 saturated carbocycles. The fourth-order valence-corrected chi connectivity index (χ4v) is 1.20. The van der Waals surface area contributed by atoms with Crippen LogP contribution in [0, 0.1) is 0 Å². The maximum atomic E-state index is 5.68. The Kier molecular flexibility index (Phi) is 2.29. The van der Waals surface area contributed by atoms with Crippen molar-refractivity contribution in [2.75, 3.05) is 24.7 Å². The molecule has 0 aliphatic heterocycles. The minimum Gasteiger partial charge on any atom is -0.463 e. The second-order valence-electron chi connectivity index (χ2n) is 3.35. The quantitative estimate of drug-likeness (QED) is 0.800. The molecular weight excluding hydrogens is 192 g/mol. The summed E-state index contributed by atoms with van der Waals surface area (Å²) in [4.78, 5) is 10.2. The van der Waals surface area contributed by atoms with Crippen LogP contribution in [0.3, 0.4) is 0 Å². The third kappa shape index (κ3) is 1.90. The van der Waals surface area contributed by atoms with Gasteiger partial charge in [-0.3, -0.25) is 0 Å². The highest BCUT2D eigenvalue weighted by Crippen LogP contribution is 2.21. The maximum Gasteiger partial charge on any atom is 0.227 e. The molecule has 0 radical (unpaired) electrons. The lowest BCUT2D eigenvalue weighted by atomic mass is 10.3. The molecule has 0 spiro atoms. The lowest BCUT2D eigenvalue weighted by Gasteiger charge is -2.11. The molecule has 0 saturated heterocycles. The zero-order valence-corrected chi connectivity index (χ0v) is 8.64. The van der Waals surface area contributed by atoms with Crippen LogP contribution in [0.1, 0.15) is 0 Å². The third-order valence-corrected chi connectivity index (χ3v) is 1.91. The first-order chi connectivity index (χ1) is 7.16. The molecule has 0 atom stereocenters. The van der Waals surface area contributed by atoms with E-state index >= 15 is 0 Å². The van der Waals surface area contributed by atoms with Crippen molar-refractivity contribution in [2.45, 2.75) is 0 Å². The van der Waals surface area contributed by atoms with Crippen molar-refractivity contribution in [3.8, 4) is 11.5 Å². The number of hydrogen-bond acceptors (Lipinski definition) is 5. The third-order valence-electron chi connectivity index (χ3n) is 1.91. The van der Waals surface area contributed by atoms with E-state index in [1.165, 1.54) is 0 Å². The van der Waals surface area contributed by atoms with Gasteiger partial charge in [0.1, 0.15) is 11.5 Å². The number of anilines is 2. The molecule has 2 rings (SSSR count). The van der Waals surface area contributed by atoms with Crippen LogP contribution in [0.15, 0.2) is 28.9 Å². The SMILES string of the molecule is CN(C)c1nc(N)cc(-c2ccco2)n1. The predicted octanol–water partition coefficient (Wildman–Crippen LogP) is 1.38. The summed E-state index contributed by atoms with van der Waals surface area (Å²) < 4.78 is 5.24. The molecule has 2 aromatic heterocycles. The van der Waals surface area contributed by atoms with Gasteiger partial charge >= 0.3 is 0 Å². The van der Waals surface area contributed by atoms with Gasteiger partial charge in [-0.2, -0.15) is 4.98 Å². The molecule has 78 valence electrons. The molecular formula is C10H12N4O. The number of rotatable bonds is 2. The van der Waals surface area contributed by atoms with E-state index < -0.39 is 0 Å². The molecule has 15 heavy (non-hydrogen) atoms. The Labute approximate surface area is 87.6 Å². The molecule has 0 aromatic carbocycles. The van der Waals surface area contributed by atoms with E-state index in [0.29, 0.717) is 23.2 Å². The maximum absolute atomic E-state index is 5.68. The van der Waals surface area contributed by atoms with Gasteiger partial charge in [-0.25, -0.2) is 4.98 Å². The van der Waals surface area contributed by atoms with Crippen LogP contribution in [-0.2, 0) is 0 Å². The summed E-state index contributed by atoms with van der Waals surface area (Å²) in [6, 6.07) is 5.33. The molecule has 2 N–H and O–H groups in total. The van der Waals surface area contributed by atoms with Crippen LogP contribution in [0.25, 0.3) is 11.5 Å². The number of hydrogen-bond donors (Lipinski definition) is 1. The highest BCUT2D eigenvalue weighted by atomic mass is 16.3. The summed E-state index contributed by atoms with van der Waals surface area (Å²) in [5.74, 6) is 1.69. The number of nitrogens with two attached hydrogens (primary N) is 1. The smallest absolute Gasteiger partial charge is 0.227 e. The van der Waals surface area contributed by atoms with Crippen LogP contribution in [0.2, 0.25) is 0 Å². The first kappa shape index (κ1) is 9.51. The Bertz CT molecular complexity index is 450. The van der Waals surface area contributed by atoms with Gasteiger partial charge in [0.05, 0.1) is 6.26 Å². The zero-order chi connectivity index (χ0) is 10.8. The minimum absolute atomic E-state index is 0.431. The number of nitrogens with zero attached hydrogens (tertiary/aromatic N) is 3. The van der Waals surface area contributed by atoms with Gasteiger partial charge in [-0.05, 0) is 12.1 Å². The summed E-state index contributed by atoms with van der Waals surface area (Å²) in [6.45, 7) is 0. The van der Waals surface area contributed by atoms with Crippen LogP contribution >= 0.6 is 0 Å². The van der Waals surface area contributed by atoms with E-state index in [2.05, 4.69) is 9.97 Å². The Hall–Kier alpha value is -2.04. The van der Waals surface area contributed by atoms with Gasteiger partial charge in [0.25, 0.3) is 0 Å². The average Bonchev–Trinajstić information content (AvgIpc) is 2.69. The minimum atomic E-state index is 0.431. The van der Waals surface area contributed by atoms with Crippen LogP contribution < -0.4 is 10.6 Å². The Balaban J connectivity index is 2.49. The number of nitrogen functional groups attached to an aromatic ring is 1. The number of aromatic nitrogens is 2. The zero-order valence-electron chi connectivity index (χ0n) is 8.64. The molecule has 5 heteroatoms. The van der Waals surface area contributed by atoms with Crippen molar-refractivity contribution in [3.63, 3.8) is 0 Å². The van der Waals surface area contributed by atoms with Crippen molar-refractivity contribution in [2.24, 2.45) is 0 Å². The predicted molar refractivity (Wildman–Crippen MR) is 58.5 cm³/mol. The molecule has 0 fully saturated rings. The van der Waals surface area contributed by atoms with E-state index in [-0.39, 0.29) is 0 Å². The van der Waals surface area contributed by atoms with Gasteiger partial charge in [0, 0.05) is 20.2 Å². The second kappa shape index (κ2) is 3.61. The fraction of sp³-hybridized carbons (Fsp3) is 0.200. The molecule has 0 aliphatic carbocycles. The van der Waals surface area contributed by atoms with Crippen molar-refractivity contribution in [1.29, 1.82) is 0 Å². The Morgan fingerprint density at radius 1 is 1.33 bits per heavy atom. The van der Waals surface area contributed by atoms with Crippen LogP contribution in [0.5, 0.6) is 0 Å². The monoisotopic (exact) mass is 204 g/mol. The van der Waals surface area contributed by atoms with Crippen molar-refractivity contribution < 1.29 is 4.42 Å². The van der Waals surface area contributed by atoms with Crippen LogP contribution in [-0.4, -0.2) is 24.1 Å². The van der Waals surface area contributed by atoms with E-state index in [1.54, 1.807) is 17.2 Å². The highest BCUT2D eigenvalue weighted by molar-refractivity contribution is 5.58. The lowest BCUT2D eigenvalue weighted by Crippen LogP contribution is -2.13. The summed E-state index contributed by atoms with van der Waals surface area (Å²) in [5.41, 5.74) is 6.37. The molecule has 5 nitrogen and oxygen atoms in total. The Morgan fingerprint density at radius 2 is 2.13 bits per heavy atom. The molecule has 2 aromatic rings. The molecule has 2 heterocycles. The van der Waals surface area contributed by atoms with E-state index in [9.17, 15) is 0 Å². The lowest BCUT2D eigenvalue weighted by molar-refractivity contribution is 0.580. The topological polar surface area (TPSA) is 68.2 Å². The molecule has 0 amide bonds. The second-order valence-corrected chi connectivity index (χ2v) is 3.35. The summed E-state index contributed by atoms with van der Waals surface area (Å²) >= 11 is 0. The normalized spacial score (nSPS) is 10.3. The van der Waals surface area contributed by atoms with E-state index in [1.807, 2.05) is 26.2 Å². The molecule has 0 unspecified atom stereocenters. The molecule has 0 aliphatic rings. The summed E-state index contributed by atoms with van der Waals surface area (Å²) in [7, 11) is 3.72. The van der Waals surface area contributed by atoms with E-state index in [0.717, 1.165) is 0 Å². The summed E-state index contributed by atoms with van der Waals surface area (Å²) in [6.07, 6.45) is 1.60. The largest absolute Gasteiger partial charge is 0.463 e. The average molecular weight is 204 g/mol. The van der Waals surface area contributed by atoms with Crippen molar-refractivity contribution >= 4 is 11.8 Å². The van der Waals surface area contributed by atoms with Gasteiger partial charge in [-0.1, -0.05) is 0 Å². The number of furan rings is 1. The van der Waals surface area contributed by atoms with Gasteiger partial charge < -0.3 is 15.1 Å². The first-order valence-electron chi connectivity index (χ1n) is 4.52. The fourth-order valence-electron chi connectivity index (χ4n) is 1.20. The highest BCUT2D eigenvalue weighted by Gasteiger charge is 2.07. The summed E-state index contributed by atoms with van der Waals surface area (Å²) in [5, 5.41) is 0. The van der Waals surface area contributed by atoms with Crippen LogP contribution in [0.4, 0.5) is 11.8 Å². The van der Waals surface area contributed by atoms with Crippen molar-refractivity contribution in [3.05, 3.63) is 24.5 Å². The molecule has 0 bridgehead atoms. The van der Waals surface area contributed by atoms with Crippen molar-refractivity contribution in [1.82, 2.24) is 9.97 Å². The van der Waals surface area contributed by atoms with E-state index in [4.69, 9.17) is 10.2 Å². The Morgan fingerprint density at radius 3 is 2.73 bits per heavy atom. The van der Waals surface area contributed by atoms with Gasteiger partial charge in [0.15, 0.2) is 5.76 Å². The van der Waals surface area contributed by atoms with Gasteiger partial charge in [0.2, 0.25) is 5.95 Å². The standard InChI is InChI=1S/C10H12N4O/c1-14(2)10-12-7(6-9(11)13-10)8-4-3-5-15-8/h3-6H,1-2H3,(H2,11,12,13).